The predicted octanol–water partition coefficient (Wildman–Crippen LogP) is 8.69. The van der Waals surface area contributed by atoms with E-state index in [4.69, 9.17) is 9.47 Å². The Bertz CT molecular complexity index is 422. The summed E-state index contributed by atoms with van der Waals surface area (Å²) < 4.78 is 10.5. The molecule has 0 amide bonds. The fourth-order valence-electron chi connectivity index (χ4n) is 3.95. The SMILES string of the molecule is CCCCCCCCCCCCCCCCCCOC(=O)CCC(=O)OC(C)CCCC. The van der Waals surface area contributed by atoms with E-state index in [9.17, 15) is 9.59 Å². The van der Waals surface area contributed by atoms with Gasteiger partial charge in [0.25, 0.3) is 0 Å². The van der Waals surface area contributed by atoms with Gasteiger partial charge in [0.05, 0.1) is 25.6 Å². The molecule has 1 unspecified atom stereocenters. The van der Waals surface area contributed by atoms with Gasteiger partial charge in [-0.1, -0.05) is 123 Å². The van der Waals surface area contributed by atoms with Crippen LogP contribution >= 0.6 is 0 Å². The van der Waals surface area contributed by atoms with Crippen LogP contribution in [0.15, 0.2) is 0 Å². The lowest BCUT2D eigenvalue weighted by molar-refractivity contribution is -0.153. The zero-order valence-electron chi connectivity index (χ0n) is 21.8. The van der Waals surface area contributed by atoms with Crippen molar-refractivity contribution in [2.24, 2.45) is 0 Å². The molecule has 4 nitrogen and oxygen atoms in total. The van der Waals surface area contributed by atoms with Crippen molar-refractivity contribution < 1.29 is 19.1 Å². The molecule has 1 atom stereocenters. The van der Waals surface area contributed by atoms with Crippen molar-refractivity contribution in [1.82, 2.24) is 0 Å². The molecule has 0 rings (SSSR count). The van der Waals surface area contributed by atoms with E-state index in [1.165, 1.54) is 89.9 Å². The van der Waals surface area contributed by atoms with E-state index < -0.39 is 0 Å². The van der Waals surface area contributed by atoms with Crippen LogP contribution in [-0.4, -0.2) is 24.6 Å². The topological polar surface area (TPSA) is 52.6 Å². The molecule has 4 heteroatoms. The summed E-state index contributed by atoms with van der Waals surface area (Å²) >= 11 is 0. The molecule has 190 valence electrons. The molecule has 0 bridgehead atoms. The highest BCUT2D eigenvalue weighted by molar-refractivity contribution is 5.77. The lowest BCUT2D eigenvalue weighted by atomic mass is 10.0. The van der Waals surface area contributed by atoms with Crippen LogP contribution in [0.3, 0.4) is 0 Å². The van der Waals surface area contributed by atoms with Crippen LogP contribution in [0.1, 0.15) is 156 Å². The summed E-state index contributed by atoms with van der Waals surface area (Å²) in [5.41, 5.74) is 0. The highest BCUT2D eigenvalue weighted by atomic mass is 16.5. The maximum absolute atomic E-state index is 11.7. The van der Waals surface area contributed by atoms with Crippen LogP contribution in [0, 0.1) is 0 Å². The summed E-state index contributed by atoms with van der Waals surface area (Å²) in [7, 11) is 0. The molecule has 0 aliphatic heterocycles. The second kappa shape index (κ2) is 24.6. The Morgan fingerprint density at radius 1 is 0.562 bits per heavy atom. The average molecular weight is 455 g/mol. The highest BCUT2D eigenvalue weighted by Gasteiger charge is 2.12. The van der Waals surface area contributed by atoms with Gasteiger partial charge in [-0.15, -0.1) is 0 Å². The second-order valence-corrected chi connectivity index (χ2v) is 9.47. The number of carbonyl (C=O) groups is 2. The summed E-state index contributed by atoms with van der Waals surface area (Å²) in [5, 5.41) is 0. The van der Waals surface area contributed by atoms with Gasteiger partial charge < -0.3 is 9.47 Å². The van der Waals surface area contributed by atoms with Crippen LogP contribution in [-0.2, 0) is 19.1 Å². The van der Waals surface area contributed by atoms with E-state index in [1.54, 1.807) is 0 Å². The third-order valence-corrected chi connectivity index (χ3v) is 6.09. The fourth-order valence-corrected chi connectivity index (χ4v) is 3.95. The van der Waals surface area contributed by atoms with Crippen molar-refractivity contribution >= 4 is 11.9 Å². The minimum absolute atomic E-state index is 0.0661. The smallest absolute Gasteiger partial charge is 0.306 e. The Labute approximate surface area is 199 Å². The van der Waals surface area contributed by atoms with Crippen LogP contribution in [0.2, 0.25) is 0 Å². The number of rotatable bonds is 24. The van der Waals surface area contributed by atoms with Crippen molar-refractivity contribution in [1.29, 1.82) is 0 Å². The molecule has 0 saturated heterocycles. The number of hydrogen-bond acceptors (Lipinski definition) is 4. The zero-order chi connectivity index (χ0) is 23.7. The van der Waals surface area contributed by atoms with E-state index in [2.05, 4.69) is 13.8 Å². The minimum atomic E-state index is -0.298. The predicted molar refractivity (Wildman–Crippen MR) is 135 cm³/mol. The number of esters is 2. The fraction of sp³-hybridized carbons (Fsp3) is 0.929. The van der Waals surface area contributed by atoms with Gasteiger partial charge in [0.15, 0.2) is 0 Å². The van der Waals surface area contributed by atoms with Crippen molar-refractivity contribution in [3.63, 3.8) is 0 Å². The van der Waals surface area contributed by atoms with Gasteiger partial charge >= 0.3 is 11.9 Å². The van der Waals surface area contributed by atoms with Crippen molar-refractivity contribution in [3.05, 3.63) is 0 Å². The Morgan fingerprint density at radius 3 is 1.44 bits per heavy atom. The largest absolute Gasteiger partial charge is 0.466 e. The quantitative estimate of drug-likeness (QED) is 0.108. The van der Waals surface area contributed by atoms with Gasteiger partial charge in [-0.25, -0.2) is 0 Å². The molecule has 0 aromatic carbocycles. The summed E-state index contributed by atoms with van der Waals surface area (Å²) in [5.74, 6) is -0.586. The Morgan fingerprint density at radius 2 is 0.969 bits per heavy atom. The molecule has 32 heavy (non-hydrogen) atoms. The standard InChI is InChI=1S/C28H54O4/c1-4-6-8-9-10-11-12-13-14-15-16-17-18-19-20-21-25-31-27(29)23-24-28(30)32-26(3)22-7-5-2/h26H,4-25H2,1-3H3. The van der Waals surface area contributed by atoms with Gasteiger partial charge in [0, 0.05) is 0 Å². The van der Waals surface area contributed by atoms with Gasteiger partial charge in [0.2, 0.25) is 0 Å². The maximum Gasteiger partial charge on any atom is 0.306 e. The van der Waals surface area contributed by atoms with Crippen LogP contribution in [0.5, 0.6) is 0 Å². The van der Waals surface area contributed by atoms with E-state index >= 15 is 0 Å². The summed E-state index contributed by atoms with van der Waals surface area (Å²) in [6.45, 7) is 6.77. The van der Waals surface area contributed by atoms with Crippen LogP contribution < -0.4 is 0 Å². The van der Waals surface area contributed by atoms with Crippen LogP contribution in [0.4, 0.5) is 0 Å². The first-order valence-electron chi connectivity index (χ1n) is 13.9. The third kappa shape index (κ3) is 23.6. The van der Waals surface area contributed by atoms with E-state index in [1.807, 2.05) is 6.92 Å². The van der Waals surface area contributed by atoms with E-state index in [0.717, 1.165) is 32.1 Å². The van der Waals surface area contributed by atoms with Gasteiger partial charge in [-0.2, -0.15) is 0 Å². The highest BCUT2D eigenvalue weighted by Crippen LogP contribution is 2.14. The molecule has 0 saturated carbocycles. The molecule has 0 aliphatic carbocycles. The Balaban J connectivity index is 3.29. The van der Waals surface area contributed by atoms with E-state index in [0.29, 0.717) is 6.61 Å². The van der Waals surface area contributed by atoms with Crippen molar-refractivity contribution in [3.8, 4) is 0 Å². The van der Waals surface area contributed by atoms with Gasteiger partial charge in [-0.05, 0) is 19.8 Å². The Hall–Kier alpha value is -1.06. The molecule has 0 aliphatic rings. The maximum atomic E-state index is 11.7. The first-order valence-corrected chi connectivity index (χ1v) is 13.9. The van der Waals surface area contributed by atoms with Crippen LogP contribution in [0.25, 0.3) is 0 Å². The van der Waals surface area contributed by atoms with Crippen molar-refractivity contribution in [2.45, 2.75) is 162 Å². The van der Waals surface area contributed by atoms with Crippen molar-refractivity contribution in [2.75, 3.05) is 6.61 Å². The lowest BCUT2D eigenvalue weighted by Crippen LogP contribution is -2.16. The van der Waals surface area contributed by atoms with Gasteiger partial charge in [0.1, 0.15) is 0 Å². The molecule has 0 spiro atoms. The average Bonchev–Trinajstić information content (AvgIpc) is 2.78. The molecule has 0 fully saturated rings. The van der Waals surface area contributed by atoms with E-state index in [-0.39, 0.29) is 30.9 Å². The number of ether oxygens (including phenoxy) is 2. The Kier molecular flexibility index (Phi) is 23.8. The first-order chi connectivity index (χ1) is 15.6. The second-order valence-electron chi connectivity index (χ2n) is 9.47. The third-order valence-electron chi connectivity index (χ3n) is 6.09. The monoisotopic (exact) mass is 454 g/mol. The summed E-state index contributed by atoms with van der Waals surface area (Å²) in [6.07, 6.45) is 24.5. The lowest BCUT2D eigenvalue weighted by Gasteiger charge is -2.12. The normalized spacial score (nSPS) is 12.0. The molecule has 0 aromatic heterocycles. The molecular formula is C28H54O4. The summed E-state index contributed by atoms with van der Waals surface area (Å²) in [6, 6.07) is 0. The number of carbonyl (C=O) groups excluding carboxylic acids is 2. The minimum Gasteiger partial charge on any atom is -0.466 e. The molecule has 0 N–H and O–H groups in total. The molecular weight excluding hydrogens is 400 g/mol. The zero-order valence-corrected chi connectivity index (χ0v) is 21.8. The first kappa shape index (κ1) is 30.9. The number of unbranched alkanes of at least 4 members (excludes halogenated alkanes) is 16. The van der Waals surface area contributed by atoms with Gasteiger partial charge in [-0.3, -0.25) is 9.59 Å². The molecule has 0 heterocycles. The number of hydrogen-bond donors (Lipinski definition) is 0. The molecule has 0 radical (unpaired) electrons. The summed E-state index contributed by atoms with van der Waals surface area (Å²) in [4.78, 5) is 23.5. The molecule has 0 aromatic rings.